The minimum Gasteiger partial charge on any atom is -0.107 e. The van der Waals surface area contributed by atoms with Crippen molar-refractivity contribution in [3.05, 3.63) is 0 Å². The molecule has 0 rings (SSSR count). The molecule has 12 heavy (non-hydrogen) atoms. The SMILES string of the molecule is CC#CCCCC(Br)C(C)(C)C. The van der Waals surface area contributed by atoms with Crippen LogP contribution in [0.15, 0.2) is 0 Å². The molecule has 0 saturated carbocycles. The summed E-state index contributed by atoms with van der Waals surface area (Å²) in [7, 11) is 0. The molecular formula is C11H19Br. The van der Waals surface area contributed by atoms with E-state index in [1.807, 2.05) is 6.92 Å². The standard InChI is InChI=1S/C11H19Br/c1-5-6-7-8-9-10(12)11(2,3)4/h10H,7-9H2,1-4H3. The molecule has 1 heteroatoms. The van der Waals surface area contributed by atoms with Gasteiger partial charge in [0.05, 0.1) is 0 Å². The Labute approximate surface area is 85.3 Å². The summed E-state index contributed by atoms with van der Waals surface area (Å²) < 4.78 is 0. The Hall–Kier alpha value is 0.0400. The smallest absolute Gasteiger partial charge is 0.0194 e. The molecule has 0 heterocycles. The monoisotopic (exact) mass is 230 g/mol. The molecule has 0 aliphatic carbocycles. The first-order valence-electron chi connectivity index (χ1n) is 4.52. The summed E-state index contributed by atoms with van der Waals surface area (Å²) in [5.41, 5.74) is 0.375. The molecular weight excluding hydrogens is 212 g/mol. The van der Waals surface area contributed by atoms with Crippen LogP contribution in [0.2, 0.25) is 0 Å². The lowest BCUT2D eigenvalue weighted by Gasteiger charge is -2.25. The molecule has 0 fully saturated rings. The van der Waals surface area contributed by atoms with Gasteiger partial charge in [-0.2, -0.15) is 0 Å². The molecule has 70 valence electrons. The highest BCUT2D eigenvalue weighted by molar-refractivity contribution is 9.09. The minimum atomic E-state index is 0.375. The zero-order valence-electron chi connectivity index (χ0n) is 8.58. The van der Waals surface area contributed by atoms with Gasteiger partial charge in [-0.25, -0.2) is 0 Å². The molecule has 0 radical (unpaired) electrons. The van der Waals surface area contributed by atoms with Crippen LogP contribution in [0.3, 0.4) is 0 Å². The Bertz CT molecular complexity index is 166. The van der Waals surface area contributed by atoms with Gasteiger partial charge in [0.25, 0.3) is 0 Å². The second-order valence-corrected chi connectivity index (χ2v) is 5.26. The molecule has 0 aromatic rings. The molecule has 0 aromatic carbocycles. The molecule has 0 N–H and O–H groups in total. The molecule has 0 saturated heterocycles. The van der Waals surface area contributed by atoms with Gasteiger partial charge in [0.15, 0.2) is 0 Å². The summed E-state index contributed by atoms with van der Waals surface area (Å²) in [6.45, 7) is 8.68. The van der Waals surface area contributed by atoms with Crippen molar-refractivity contribution >= 4 is 15.9 Å². The van der Waals surface area contributed by atoms with Crippen molar-refractivity contribution in [3.8, 4) is 11.8 Å². The fraction of sp³-hybridized carbons (Fsp3) is 0.818. The molecule has 0 amide bonds. The van der Waals surface area contributed by atoms with Crippen LogP contribution in [0, 0.1) is 17.3 Å². The van der Waals surface area contributed by atoms with E-state index in [1.54, 1.807) is 0 Å². The summed E-state index contributed by atoms with van der Waals surface area (Å²) in [5, 5.41) is 0. The van der Waals surface area contributed by atoms with Crippen LogP contribution in [0.25, 0.3) is 0 Å². The van der Waals surface area contributed by atoms with E-state index < -0.39 is 0 Å². The topological polar surface area (TPSA) is 0 Å². The maximum absolute atomic E-state index is 3.70. The fourth-order valence-corrected chi connectivity index (χ4v) is 1.25. The third-order valence-corrected chi connectivity index (χ3v) is 3.71. The molecule has 0 aromatic heterocycles. The minimum absolute atomic E-state index is 0.375. The molecule has 0 aliphatic rings. The van der Waals surface area contributed by atoms with E-state index in [0.29, 0.717) is 10.2 Å². The first kappa shape index (κ1) is 12.0. The lowest BCUT2D eigenvalue weighted by atomic mass is 9.89. The Morgan fingerprint density at radius 2 is 1.92 bits per heavy atom. The summed E-state index contributed by atoms with van der Waals surface area (Å²) in [4.78, 5) is 0.614. The highest BCUT2D eigenvalue weighted by Crippen LogP contribution is 2.29. The molecule has 0 bridgehead atoms. The first-order valence-corrected chi connectivity index (χ1v) is 5.43. The van der Waals surface area contributed by atoms with Crippen molar-refractivity contribution < 1.29 is 0 Å². The molecule has 0 spiro atoms. The number of halogens is 1. The lowest BCUT2D eigenvalue weighted by Crippen LogP contribution is -2.19. The van der Waals surface area contributed by atoms with Gasteiger partial charge in [-0.3, -0.25) is 0 Å². The van der Waals surface area contributed by atoms with Gasteiger partial charge < -0.3 is 0 Å². The number of hydrogen-bond acceptors (Lipinski definition) is 0. The van der Waals surface area contributed by atoms with E-state index in [-0.39, 0.29) is 0 Å². The third kappa shape index (κ3) is 5.66. The molecule has 1 atom stereocenters. The van der Waals surface area contributed by atoms with Crippen LogP contribution >= 0.6 is 15.9 Å². The second-order valence-electron chi connectivity index (χ2n) is 4.15. The van der Waals surface area contributed by atoms with Crippen molar-refractivity contribution in [3.63, 3.8) is 0 Å². The average Bonchev–Trinajstić information content (AvgIpc) is 1.96. The van der Waals surface area contributed by atoms with E-state index in [4.69, 9.17) is 0 Å². The highest BCUT2D eigenvalue weighted by atomic mass is 79.9. The second kappa shape index (κ2) is 5.65. The van der Waals surface area contributed by atoms with Crippen molar-refractivity contribution in [1.82, 2.24) is 0 Å². The Balaban J connectivity index is 3.55. The molecule has 0 nitrogen and oxygen atoms in total. The summed E-state index contributed by atoms with van der Waals surface area (Å²) in [6, 6.07) is 0. The van der Waals surface area contributed by atoms with E-state index in [0.717, 1.165) is 6.42 Å². The maximum atomic E-state index is 3.70. The van der Waals surface area contributed by atoms with Crippen molar-refractivity contribution in [2.24, 2.45) is 5.41 Å². The van der Waals surface area contributed by atoms with Gasteiger partial charge in [0, 0.05) is 11.2 Å². The third-order valence-electron chi connectivity index (χ3n) is 1.88. The van der Waals surface area contributed by atoms with E-state index in [1.165, 1.54) is 12.8 Å². The number of hydrogen-bond donors (Lipinski definition) is 0. The van der Waals surface area contributed by atoms with Gasteiger partial charge in [0.2, 0.25) is 0 Å². The Morgan fingerprint density at radius 3 is 2.33 bits per heavy atom. The Morgan fingerprint density at radius 1 is 1.33 bits per heavy atom. The number of alkyl halides is 1. The van der Waals surface area contributed by atoms with E-state index >= 15 is 0 Å². The predicted octanol–water partition coefficient (Wildman–Crippen LogP) is 3.99. The summed E-state index contributed by atoms with van der Waals surface area (Å²) in [6.07, 6.45) is 3.46. The lowest BCUT2D eigenvalue weighted by molar-refractivity contribution is 0.381. The fourth-order valence-electron chi connectivity index (χ4n) is 0.928. The molecule has 1 unspecified atom stereocenters. The van der Waals surface area contributed by atoms with Gasteiger partial charge in [-0.05, 0) is 25.2 Å². The van der Waals surface area contributed by atoms with Crippen molar-refractivity contribution in [1.29, 1.82) is 0 Å². The first-order chi connectivity index (χ1) is 5.48. The van der Waals surface area contributed by atoms with Gasteiger partial charge in [0.1, 0.15) is 0 Å². The van der Waals surface area contributed by atoms with Crippen LogP contribution in [0.5, 0.6) is 0 Å². The van der Waals surface area contributed by atoms with Crippen LogP contribution in [-0.4, -0.2) is 4.83 Å². The van der Waals surface area contributed by atoms with Crippen LogP contribution < -0.4 is 0 Å². The van der Waals surface area contributed by atoms with Crippen LogP contribution in [0.1, 0.15) is 47.0 Å². The van der Waals surface area contributed by atoms with Crippen LogP contribution in [-0.2, 0) is 0 Å². The average molecular weight is 231 g/mol. The zero-order chi connectivity index (χ0) is 9.61. The maximum Gasteiger partial charge on any atom is 0.0194 e. The summed E-state index contributed by atoms with van der Waals surface area (Å²) >= 11 is 3.70. The number of unbranched alkanes of at least 4 members (excludes halogenated alkanes) is 1. The zero-order valence-corrected chi connectivity index (χ0v) is 10.2. The predicted molar refractivity (Wildman–Crippen MR) is 59.5 cm³/mol. The van der Waals surface area contributed by atoms with Gasteiger partial charge >= 0.3 is 0 Å². The van der Waals surface area contributed by atoms with Crippen molar-refractivity contribution in [2.75, 3.05) is 0 Å². The van der Waals surface area contributed by atoms with Gasteiger partial charge in [-0.15, -0.1) is 11.8 Å². The van der Waals surface area contributed by atoms with Crippen molar-refractivity contribution in [2.45, 2.75) is 51.8 Å². The largest absolute Gasteiger partial charge is 0.107 e. The number of rotatable bonds is 3. The highest BCUT2D eigenvalue weighted by Gasteiger charge is 2.20. The van der Waals surface area contributed by atoms with E-state index in [2.05, 4.69) is 48.5 Å². The van der Waals surface area contributed by atoms with E-state index in [9.17, 15) is 0 Å². The molecule has 0 aliphatic heterocycles. The normalized spacial score (nSPS) is 13.4. The van der Waals surface area contributed by atoms with Gasteiger partial charge in [-0.1, -0.05) is 36.7 Å². The summed E-state index contributed by atoms with van der Waals surface area (Å²) in [5.74, 6) is 6.00. The Kier molecular flexibility index (Phi) is 5.66. The quantitative estimate of drug-likeness (QED) is 0.391. The van der Waals surface area contributed by atoms with Crippen LogP contribution in [0.4, 0.5) is 0 Å².